The molecule has 0 spiro atoms. The topological polar surface area (TPSA) is 47.6 Å². The molecule has 8 heteroatoms. The second-order valence-electron chi connectivity index (χ2n) is 7.51. The zero-order chi connectivity index (χ0) is 24.4. The van der Waals surface area contributed by atoms with Crippen LogP contribution in [0.25, 0.3) is 0 Å². The maximum atomic E-state index is 13.4. The zero-order valence-corrected chi connectivity index (χ0v) is 21.0. The molecule has 0 fully saturated rings. The SMILES string of the molecule is CC(C)=C(C(=O)NCCCOc1c(Cl)cc(OC/C=C(\C)Cl)cc1Cl)C1C=CC=C(F)C=C1. The van der Waals surface area contributed by atoms with Gasteiger partial charge in [-0.2, -0.15) is 0 Å². The lowest BCUT2D eigenvalue weighted by atomic mass is 9.93. The third-order valence-electron chi connectivity index (χ3n) is 4.59. The maximum absolute atomic E-state index is 13.4. The minimum atomic E-state index is -0.349. The number of allylic oxidation sites excluding steroid dienone is 8. The van der Waals surface area contributed by atoms with Crippen LogP contribution >= 0.6 is 34.8 Å². The summed E-state index contributed by atoms with van der Waals surface area (Å²) in [6, 6.07) is 3.24. The lowest BCUT2D eigenvalue weighted by Gasteiger charge is -2.16. The molecular formula is C25H27Cl3FNO3. The molecule has 0 heterocycles. The Bertz CT molecular complexity index is 981. The summed E-state index contributed by atoms with van der Waals surface area (Å²) in [4.78, 5) is 12.7. The number of carbonyl (C=O) groups is 1. The van der Waals surface area contributed by atoms with Gasteiger partial charge in [0.25, 0.3) is 0 Å². The van der Waals surface area contributed by atoms with Crippen molar-refractivity contribution in [2.24, 2.45) is 5.92 Å². The Labute approximate surface area is 209 Å². The number of carbonyl (C=O) groups excluding carboxylic acids is 1. The number of halogens is 4. The van der Waals surface area contributed by atoms with Crippen molar-refractivity contribution in [1.82, 2.24) is 5.32 Å². The Morgan fingerprint density at radius 2 is 1.85 bits per heavy atom. The molecule has 178 valence electrons. The first-order valence-corrected chi connectivity index (χ1v) is 11.6. The van der Waals surface area contributed by atoms with Crippen LogP contribution in [0.15, 0.2) is 70.6 Å². The average Bonchev–Trinajstić information content (AvgIpc) is 2.93. The summed E-state index contributed by atoms with van der Waals surface area (Å²) in [6.07, 6.45) is 10.1. The molecule has 1 aliphatic carbocycles. The summed E-state index contributed by atoms with van der Waals surface area (Å²) in [7, 11) is 0. The molecule has 1 atom stereocenters. The molecule has 2 rings (SSSR count). The fourth-order valence-electron chi connectivity index (χ4n) is 3.04. The van der Waals surface area contributed by atoms with Gasteiger partial charge < -0.3 is 14.8 Å². The van der Waals surface area contributed by atoms with Crippen molar-refractivity contribution in [2.75, 3.05) is 19.8 Å². The first-order chi connectivity index (χ1) is 15.7. The third-order valence-corrected chi connectivity index (χ3v) is 5.31. The van der Waals surface area contributed by atoms with E-state index in [9.17, 15) is 9.18 Å². The van der Waals surface area contributed by atoms with E-state index in [-0.39, 0.29) is 17.7 Å². The maximum Gasteiger partial charge on any atom is 0.248 e. The highest BCUT2D eigenvalue weighted by Gasteiger charge is 2.19. The van der Waals surface area contributed by atoms with Crippen LogP contribution in [-0.4, -0.2) is 25.7 Å². The van der Waals surface area contributed by atoms with Crippen LogP contribution in [-0.2, 0) is 4.79 Å². The quantitative estimate of drug-likeness (QED) is 0.263. The molecule has 0 bridgehead atoms. The molecule has 1 aliphatic rings. The molecule has 1 unspecified atom stereocenters. The molecule has 0 radical (unpaired) electrons. The van der Waals surface area contributed by atoms with Crippen molar-refractivity contribution < 1.29 is 18.7 Å². The Hall–Kier alpha value is -2.21. The fourth-order valence-corrected chi connectivity index (χ4v) is 3.68. The monoisotopic (exact) mass is 513 g/mol. The fraction of sp³-hybridized carbons (Fsp3) is 0.320. The van der Waals surface area contributed by atoms with Crippen molar-refractivity contribution >= 4 is 40.7 Å². The minimum Gasteiger partial charge on any atom is -0.490 e. The molecule has 1 N–H and O–H groups in total. The van der Waals surface area contributed by atoms with E-state index in [4.69, 9.17) is 44.3 Å². The number of rotatable bonds is 10. The molecular weight excluding hydrogens is 488 g/mol. The van der Waals surface area contributed by atoms with Crippen molar-refractivity contribution in [3.63, 3.8) is 0 Å². The van der Waals surface area contributed by atoms with Gasteiger partial charge in [-0.15, -0.1) is 0 Å². The van der Waals surface area contributed by atoms with Gasteiger partial charge in [0, 0.05) is 35.2 Å². The van der Waals surface area contributed by atoms with Gasteiger partial charge in [0.1, 0.15) is 18.2 Å². The normalized spacial score (nSPS) is 15.5. The summed E-state index contributed by atoms with van der Waals surface area (Å²) in [5, 5.41) is 4.17. The van der Waals surface area contributed by atoms with Gasteiger partial charge in [-0.3, -0.25) is 4.79 Å². The first kappa shape index (κ1) is 27.0. The Kier molecular flexibility index (Phi) is 11.0. The van der Waals surface area contributed by atoms with E-state index >= 15 is 0 Å². The molecule has 33 heavy (non-hydrogen) atoms. The number of benzene rings is 1. The van der Waals surface area contributed by atoms with Crippen molar-refractivity contribution in [3.8, 4) is 11.5 Å². The van der Waals surface area contributed by atoms with Crippen LogP contribution in [0.2, 0.25) is 10.0 Å². The summed E-state index contributed by atoms with van der Waals surface area (Å²) >= 11 is 18.3. The molecule has 1 aromatic carbocycles. The van der Waals surface area contributed by atoms with E-state index < -0.39 is 0 Å². The predicted molar refractivity (Wildman–Crippen MR) is 134 cm³/mol. The highest BCUT2D eigenvalue weighted by atomic mass is 35.5. The molecule has 0 aromatic heterocycles. The van der Waals surface area contributed by atoms with E-state index in [1.54, 1.807) is 43.4 Å². The van der Waals surface area contributed by atoms with E-state index in [1.165, 1.54) is 12.2 Å². The molecule has 4 nitrogen and oxygen atoms in total. The zero-order valence-electron chi connectivity index (χ0n) is 18.8. The number of hydrogen-bond donors (Lipinski definition) is 1. The van der Waals surface area contributed by atoms with Gasteiger partial charge >= 0.3 is 0 Å². The van der Waals surface area contributed by atoms with Crippen LogP contribution < -0.4 is 14.8 Å². The van der Waals surface area contributed by atoms with Crippen molar-refractivity contribution in [2.45, 2.75) is 27.2 Å². The molecule has 1 aromatic rings. The van der Waals surface area contributed by atoms with E-state index in [0.29, 0.717) is 58.3 Å². The van der Waals surface area contributed by atoms with Gasteiger partial charge in [0.2, 0.25) is 5.91 Å². The molecule has 1 amide bonds. The van der Waals surface area contributed by atoms with Crippen molar-refractivity contribution in [3.05, 3.63) is 80.6 Å². The first-order valence-electron chi connectivity index (χ1n) is 10.4. The van der Waals surface area contributed by atoms with Crippen molar-refractivity contribution in [1.29, 1.82) is 0 Å². The highest BCUT2D eigenvalue weighted by molar-refractivity contribution is 6.37. The second-order valence-corrected chi connectivity index (χ2v) is 8.92. The van der Waals surface area contributed by atoms with Crippen LogP contribution in [0.5, 0.6) is 11.5 Å². The van der Waals surface area contributed by atoms with E-state index in [1.807, 2.05) is 13.8 Å². The number of ether oxygens (including phenoxy) is 2. The Balaban J connectivity index is 1.86. The largest absolute Gasteiger partial charge is 0.490 e. The van der Waals surface area contributed by atoms with Gasteiger partial charge in [-0.1, -0.05) is 58.6 Å². The van der Waals surface area contributed by atoms with Gasteiger partial charge in [0.15, 0.2) is 5.75 Å². The number of amides is 1. The third kappa shape index (κ3) is 8.92. The minimum absolute atomic E-state index is 0.199. The number of hydrogen-bond acceptors (Lipinski definition) is 3. The lowest BCUT2D eigenvalue weighted by Crippen LogP contribution is -2.29. The van der Waals surface area contributed by atoms with Crippen LogP contribution in [0.3, 0.4) is 0 Å². The van der Waals surface area contributed by atoms with Gasteiger partial charge in [-0.25, -0.2) is 4.39 Å². The summed E-state index contributed by atoms with van der Waals surface area (Å²) in [5.74, 6) is 0.0194. The van der Waals surface area contributed by atoms with Crippen LogP contribution in [0.4, 0.5) is 4.39 Å². The summed E-state index contributed by atoms with van der Waals surface area (Å²) in [6.45, 7) is 6.47. The molecule has 0 aliphatic heterocycles. The van der Waals surface area contributed by atoms with E-state index in [0.717, 1.165) is 5.57 Å². The Morgan fingerprint density at radius 3 is 2.48 bits per heavy atom. The van der Waals surface area contributed by atoms with Crippen LogP contribution in [0, 0.1) is 5.92 Å². The number of nitrogens with one attached hydrogen (secondary N) is 1. The Morgan fingerprint density at radius 1 is 1.15 bits per heavy atom. The van der Waals surface area contributed by atoms with Gasteiger partial charge in [-0.05, 0) is 45.4 Å². The summed E-state index contributed by atoms with van der Waals surface area (Å²) in [5.41, 5.74) is 1.45. The smallest absolute Gasteiger partial charge is 0.248 e. The second kappa shape index (κ2) is 13.5. The summed E-state index contributed by atoms with van der Waals surface area (Å²) < 4.78 is 24.7. The predicted octanol–water partition coefficient (Wildman–Crippen LogP) is 7.33. The highest BCUT2D eigenvalue weighted by Crippen LogP contribution is 2.37. The van der Waals surface area contributed by atoms with Gasteiger partial charge in [0.05, 0.1) is 16.7 Å². The van der Waals surface area contributed by atoms with E-state index in [2.05, 4.69) is 5.32 Å². The lowest BCUT2D eigenvalue weighted by molar-refractivity contribution is -0.117. The standard InChI is InChI=1S/C25H27Cl3FNO3/c1-16(2)23(18-6-4-7-19(29)9-8-18)25(31)30-11-5-12-33-24-21(27)14-20(15-22(24)28)32-13-10-17(3)26/h4,6-10,14-15,18H,5,11-13H2,1-3H3,(H,30,31)/b17-10+. The molecule has 0 saturated heterocycles. The molecule has 0 saturated carbocycles. The average molecular weight is 515 g/mol. The van der Waals surface area contributed by atoms with Crippen LogP contribution in [0.1, 0.15) is 27.2 Å².